The number of allylic oxidation sites excluding steroid dienone is 3. The first kappa shape index (κ1) is 24.9. The summed E-state index contributed by atoms with van der Waals surface area (Å²) in [6.07, 6.45) is 13.7. The zero-order valence-corrected chi connectivity index (χ0v) is 21.3. The molecule has 33 heavy (non-hydrogen) atoms. The molecule has 0 amide bonds. The minimum atomic E-state index is 0.485. The van der Waals surface area contributed by atoms with Crippen molar-refractivity contribution in [2.45, 2.75) is 72.1 Å². The Morgan fingerprint density at radius 3 is 2.64 bits per heavy atom. The molecule has 1 saturated carbocycles. The van der Waals surface area contributed by atoms with E-state index in [1.807, 2.05) is 25.4 Å². The van der Waals surface area contributed by atoms with Crippen molar-refractivity contribution in [1.29, 1.82) is 0 Å². The third-order valence-corrected chi connectivity index (χ3v) is 7.40. The van der Waals surface area contributed by atoms with E-state index >= 15 is 0 Å². The lowest BCUT2D eigenvalue weighted by molar-refractivity contribution is 0.310. The summed E-state index contributed by atoms with van der Waals surface area (Å²) in [4.78, 5) is 0. The summed E-state index contributed by atoms with van der Waals surface area (Å²) in [5.74, 6) is 1.22. The monoisotopic (exact) mass is 446 g/mol. The van der Waals surface area contributed by atoms with Gasteiger partial charge in [-0.1, -0.05) is 52.3 Å². The van der Waals surface area contributed by atoms with Crippen LogP contribution in [0.5, 0.6) is 0 Å². The molecule has 1 aliphatic carbocycles. The average Bonchev–Trinajstić information content (AvgIpc) is 3.14. The molecule has 2 aromatic heterocycles. The number of aromatic nitrogens is 2. The average molecular weight is 447 g/mol. The Balaban J connectivity index is 1.93. The van der Waals surface area contributed by atoms with Crippen LogP contribution in [0, 0.1) is 12.8 Å². The molecule has 0 saturated heterocycles. The Kier molecular flexibility index (Phi) is 8.60. The van der Waals surface area contributed by atoms with Gasteiger partial charge in [-0.25, -0.2) is 4.52 Å². The van der Waals surface area contributed by atoms with Gasteiger partial charge in [0.25, 0.3) is 0 Å². The third kappa shape index (κ3) is 5.43. The topological polar surface area (TPSA) is 41.4 Å². The molecule has 1 aliphatic rings. The van der Waals surface area contributed by atoms with Crippen LogP contribution in [-0.2, 0) is 0 Å². The fourth-order valence-electron chi connectivity index (χ4n) is 5.37. The van der Waals surface area contributed by atoms with Crippen LogP contribution in [0.15, 0.2) is 60.5 Å². The Hall–Kier alpha value is -2.75. The van der Waals surface area contributed by atoms with E-state index in [1.165, 1.54) is 60.1 Å². The van der Waals surface area contributed by atoms with Crippen LogP contribution in [0.3, 0.4) is 0 Å². The highest BCUT2D eigenvalue weighted by Crippen LogP contribution is 2.40. The van der Waals surface area contributed by atoms with Crippen molar-refractivity contribution < 1.29 is 0 Å². The Labute approximate surface area is 200 Å². The second kappa shape index (κ2) is 11.4. The van der Waals surface area contributed by atoms with E-state index in [0.717, 1.165) is 29.2 Å². The Morgan fingerprint density at radius 1 is 1.27 bits per heavy atom. The van der Waals surface area contributed by atoms with Gasteiger partial charge in [0.05, 0.1) is 5.52 Å². The van der Waals surface area contributed by atoms with Gasteiger partial charge >= 0.3 is 0 Å². The molecule has 2 heterocycles. The van der Waals surface area contributed by atoms with Gasteiger partial charge in [-0.2, -0.15) is 5.10 Å². The smallest absolute Gasteiger partial charge is 0.0745 e. The highest BCUT2D eigenvalue weighted by atomic mass is 15.2. The van der Waals surface area contributed by atoms with E-state index in [1.54, 1.807) is 0 Å². The van der Waals surface area contributed by atoms with E-state index in [2.05, 4.69) is 68.1 Å². The Morgan fingerprint density at radius 2 is 2.00 bits per heavy atom. The van der Waals surface area contributed by atoms with Crippen LogP contribution >= 0.6 is 0 Å². The zero-order chi connectivity index (χ0) is 24.0. The summed E-state index contributed by atoms with van der Waals surface area (Å²) in [6, 6.07) is 4.19. The number of fused-ring (bicyclic) bond motifs is 1. The van der Waals surface area contributed by atoms with Crippen LogP contribution < -0.4 is 10.6 Å². The molecule has 0 radical (unpaired) electrons. The summed E-state index contributed by atoms with van der Waals surface area (Å²) >= 11 is 0. The highest BCUT2D eigenvalue weighted by molar-refractivity contribution is 5.80. The van der Waals surface area contributed by atoms with Gasteiger partial charge in [0.1, 0.15) is 0 Å². The molecule has 1 fully saturated rings. The molecular formula is C29H42N4. The van der Waals surface area contributed by atoms with E-state index in [0.29, 0.717) is 12.5 Å². The predicted octanol–water partition coefficient (Wildman–Crippen LogP) is 6.90. The second-order valence-electron chi connectivity index (χ2n) is 9.41. The quantitative estimate of drug-likeness (QED) is 0.390. The van der Waals surface area contributed by atoms with Crippen molar-refractivity contribution in [1.82, 2.24) is 20.2 Å². The first-order chi connectivity index (χ1) is 15.9. The molecule has 0 aliphatic heterocycles. The first-order valence-electron chi connectivity index (χ1n) is 12.5. The van der Waals surface area contributed by atoms with Crippen LogP contribution in [0.4, 0.5) is 0 Å². The van der Waals surface area contributed by atoms with Gasteiger partial charge in [-0.15, -0.1) is 0 Å². The molecule has 4 nitrogen and oxygen atoms in total. The third-order valence-electron chi connectivity index (χ3n) is 7.40. The highest BCUT2D eigenvalue weighted by Gasteiger charge is 2.28. The van der Waals surface area contributed by atoms with Crippen LogP contribution in [0.2, 0.25) is 0 Å². The number of hydrogen-bond donors (Lipinski definition) is 2. The lowest BCUT2D eigenvalue weighted by Gasteiger charge is -2.28. The minimum Gasteiger partial charge on any atom is -0.392 e. The van der Waals surface area contributed by atoms with E-state index in [4.69, 9.17) is 5.10 Å². The number of nitrogens with one attached hydrogen (secondary N) is 2. The molecule has 1 atom stereocenters. The normalized spacial score (nSPS) is 16.9. The van der Waals surface area contributed by atoms with Crippen molar-refractivity contribution in [3.63, 3.8) is 0 Å². The summed E-state index contributed by atoms with van der Waals surface area (Å²) in [5.41, 5.74) is 9.54. The van der Waals surface area contributed by atoms with Gasteiger partial charge < -0.3 is 10.6 Å². The second-order valence-corrected chi connectivity index (χ2v) is 9.41. The fourth-order valence-corrected chi connectivity index (χ4v) is 5.37. The summed E-state index contributed by atoms with van der Waals surface area (Å²) in [7, 11) is 1.95. The zero-order valence-electron chi connectivity index (χ0n) is 21.3. The van der Waals surface area contributed by atoms with Crippen molar-refractivity contribution in [3.8, 4) is 0 Å². The lowest BCUT2D eigenvalue weighted by atomic mass is 9.78. The number of hydrogen-bond acceptors (Lipinski definition) is 3. The Bertz CT molecular complexity index is 1050. The van der Waals surface area contributed by atoms with Crippen LogP contribution in [0.1, 0.15) is 82.0 Å². The summed E-state index contributed by atoms with van der Waals surface area (Å²) < 4.78 is 2.16. The molecular weight excluding hydrogens is 404 g/mol. The summed E-state index contributed by atoms with van der Waals surface area (Å²) in [5, 5.41) is 11.6. The molecule has 1 unspecified atom stereocenters. The van der Waals surface area contributed by atoms with Crippen molar-refractivity contribution in [2.75, 3.05) is 13.6 Å². The van der Waals surface area contributed by atoms with Gasteiger partial charge in [0.15, 0.2) is 0 Å². The fraction of sp³-hybridized carbons (Fsp3) is 0.483. The summed E-state index contributed by atoms with van der Waals surface area (Å²) in [6.45, 7) is 18.1. The molecule has 4 heteroatoms. The SMILES string of the molecule is C=C/C(CNC(=C)c1c(C)c(C(C)C2CCCCC2)n2ncccc12)=C(\C=C(\C)NC)CC. The molecule has 0 aromatic carbocycles. The predicted molar refractivity (Wildman–Crippen MR) is 142 cm³/mol. The van der Waals surface area contributed by atoms with Crippen LogP contribution in [-0.4, -0.2) is 23.2 Å². The first-order valence-corrected chi connectivity index (χ1v) is 12.5. The van der Waals surface area contributed by atoms with Gasteiger partial charge in [-0.3, -0.25) is 0 Å². The molecule has 3 rings (SSSR count). The molecule has 2 N–H and O–H groups in total. The molecule has 0 spiro atoms. The lowest BCUT2D eigenvalue weighted by Crippen LogP contribution is -2.17. The standard InChI is InChI=1S/C29H42N4/c1-8-24(18-20(3)30-7)25(9-2)19-31-23(6)28-22(5)29(33-27(28)16-13-17-32-33)21(4)26-14-11-10-12-15-26/h9,13,16-18,21,26,30-31H,2,6,8,10-12,14-15,19H2,1,3-5,7H3/b20-18-,25-24+. The van der Waals surface area contributed by atoms with Gasteiger partial charge in [-0.05, 0) is 73.9 Å². The van der Waals surface area contributed by atoms with Crippen molar-refractivity contribution >= 4 is 11.2 Å². The minimum absolute atomic E-state index is 0.485. The van der Waals surface area contributed by atoms with Crippen LogP contribution in [0.25, 0.3) is 11.2 Å². The van der Waals surface area contributed by atoms with E-state index in [9.17, 15) is 0 Å². The maximum absolute atomic E-state index is 4.76. The van der Waals surface area contributed by atoms with E-state index < -0.39 is 0 Å². The molecule has 178 valence electrons. The van der Waals surface area contributed by atoms with Gasteiger partial charge in [0, 0.05) is 48.4 Å². The van der Waals surface area contributed by atoms with Crippen molar-refractivity contribution in [2.24, 2.45) is 5.92 Å². The van der Waals surface area contributed by atoms with E-state index in [-0.39, 0.29) is 0 Å². The number of nitrogens with zero attached hydrogens (tertiary/aromatic N) is 2. The largest absolute Gasteiger partial charge is 0.392 e. The number of rotatable bonds is 10. The van der Waals surface area contributed by atoms with Crippen molar-refractivity contribution in [3.05, 3.63) is 77.3 Å². The molecule has 0 bridgehead atoms. The maximum Gasteiger partial charge on any atom is 0.0745 e. The maximum atomic E-state index is 4.76. The van der Waals surface area contributed by atoms with Gasteiger partial charge in [0.2, 0.25) is 0 Å². The molecule has 2 aromatic rings.